The Kier molecular flexibility index (Phi) is 5.25. The summed E-state index contributed by atoms with van der Waals surface area (Å²) < 4.78 is 0. The summed E-state index contributed by atoms with van der Waals surface area (Å²) in [7, 11) is 0. The molecule has 0 fully saturated rings. The second-order valence-corrected chi connectivity index (χ2v) is 5.37. The van der Waals surface area contributed by atoms with Crippen LogP contribution in [0, 0.1) is 0 Å². The van der Waals surface area contributed by atoms with Gasteiger partial charge in [-0.25, -0.2) is 4.79 Å². The van der Waals surface area contributed by atoms with E-state index in [2.05, 4.69) is 10.6 Å². The number of benzene rings is 2. The van der Waals surface area contributed by atoms with Crippen molar-refractivity contribution < 1.29 is 15.0 Å². The van der Waals surface area contributed by atoms with Gasteiger partial charge in [-0.3, -0.25) is 0 Å². The Hall–Kier alpha value is -2.24. The number of halogens is 1. The van der Waals surface area contributed by atoms with Crippen LogP contribution in [0.1, 0.15) is 18.6 Å². The third-order valence-corrected chi connectivity index (χ3v) is 3.42. The zero-order valence-electron chi connectivity index (χ0n) is 12.0. The van der Waals surface area contributed by atoms with Gasteiger partial charge in [0.2, 0.25) is 0 Å². The Labute approximate surface area is 133 Å². The average Bonchev–Trinajstić information content (AvgIpc) is 2.49. The molecule has 4 N–H and O–H groups in total. The summed E-state index contributed by atoms with van der Waals surface area (Å²) in [6.07, 6.45) is -0.878. The SMILES string of the molecule is C[C@H](NC(=O)Nc1ccc(Cl)cc1)[C@H](O)c1ccc(O)cc1. The number of phenolic OH excluding ortho intramolecular Hbond substituents is 1. The van der Waals surface area contributed by atoms with Gasteiger partial charge in [-0.1, -0.05) is 23.7 Å². The van der Waals surface area contributed by atoms with Crippen molar-refractivity contribution in [2.75, 3.05) is 5.32 Å². The van der Waals surface area contributed by atoms with E-state index in [4.69, 9.17) is 11.6 Å². The fraction of sp³-hybridized carbons (Fsp3) is 0.188. The molecule has 0 saturated carbocycles. The van der Waals surface area contributed by atoms with Crippen molar-refractivity contribution in [3.05, 3.63) is 59.1 Å². The Bertz CT molecular complexity index is 629. The largest absolute Gasteiger partial charge is 0.508 e. The Morgan fingerprint density at radius 1 is 1.09 bits per heavy atom. The third kappa shape index (κ3) is 4.38. The number of urea groups is 1. The number of nitrogens with one attached hydrogen (secondary N) is 2. The van der Waals surface area contributed by atoms with Crippen LogP contribution in [0.5, 0.6) is 5.75 Å². The summed E-state index contributed by atoms with van der Waals surface area (Å²) >= 11 is 5.77. The number of aliphatic hydroxyl groups is 1. The molecule has 2 aromatic carbocycles. The quantitative estimate of drug-likeness (QED) is 0.697. The van der Waals surface area contributed by atoms with E-state index in [1.807, 2.05) is 0 Å². The van der Waals surface area contributed by atoms with Crippen LogP contribution in [-0.2, 0) is 0 Å². The predicted octanol–water partition coefficient (Wildman–Crippen LogP) is 3.29. The molecule has 2 amide bonds. The summed E-state index contributed by atoms with van der Waals surface area (Å²) in [6, 6.07) is 12.0. The highest BCUT2D eigenvalue weighted by atomic mass is 35.5. The number of carbonyl (C=O) groups is 1. The molecule has 0 aromatic heterocycles. The second kappa shape index (κ2) is 7.15. The van der Waals surface area contributed by atoms with Gasteiger partial charge in [0, 0.05) is 10.7 Å². The van der Waals surface area contributed by atoms with Crippen molar-refractivity contribution in [1.29, 1.82) is 0 Å². The maximum Gasteiger partial charge on any atom is 0.319 e. The van der Waals surface area contributed by atoms with E-state index < -0.39 is 18.2 Å². The monoisotopic (exact) mass is 320 g/mol. The molecular weight excluding hydrogens is 304 g/mol. The van der Waals surface area contributed by atoms with E-state index in [9.17, 15) is 15.0 Å². The van der Waals surface area contributed by atoms with Crippen molar-refractivity contribution >= 4 is 23.3 Å². The fourth-order valence-electron chi connectivity index (χ4n) is 1.95. The fourth-order valence-corrected chi connectivity index (χ4v) is 2.07. The zero-order chi connectivity index (χ0) is 16.1. The van der Waals surface area contributed by atoms with Gasteiger partial charge in [0.15, 0.2) is 0 Å². The standard InChI is InChI=1S/C16H17ClN2O3/c1-10(15(21)11-2-8-14(20)9-3-11)18-16(22)19-13-6-4-12(17)5-7-13/h2-10,15,20-21H,1H3,(H2,18,19,22)/t10-,15-/m0/s1. The van der Waals surface area contributed by atoms with Gasteiger partial charge in [0.1, 0.15) is 5.75 Å². The van der Waals surface area contributed by atoms with Crippen molar-refractivity contribution in [2.45, 2.75) is 19.1 Å². The van der Waals surface area contributed by atoms with Gasteiger partial charge < -0.3 is 20.8 Å². The minimum Gasteiger partial charge on any atom is -0.508 e. The molecule has 0 bridgehead atoms. The number of hydrogen-bond donors (Lipinski definition) is 4. The Morgan fingerprint density at radius 3 is 2.27 bits per heavy atom. The molecule has 0 saturated heterocycles. The van der Waals surface area contributed by atoms with Crippen LogP contribution in [0.4, 0.5) is 10.5 Å². The number of carbonyl (C=O) groups excluding carboxylic acids is 1. The van der Waals surface area contributed by atoms with Gasteiger partial charge in [-0.2, -0.15) is 0 Å². The summed E-state index contributed by atoms with van der Waals surface area (Å²) in [5, 5.41) is 25.3. The molecule has 0 radical (unpaired) electrons. The second-order valence-electron chi connectivity index (χ2n) is 4.93. The zero-order valence-corrected chi connectivity index (χ0v) is 12.7. The highest BCUT2D eigenvalue weighted by Crippen LogP contribution is 2.20. The van der Waals surface area contributed by atoms with Crippen LogP contribution >= 0.6 is 11.6 Å². The molecule has 0 aliphatic heterocycles. The van der Waals surface area contributed by atoms with Gasteiger partial charge in [0.05, 0.1) is 12.1 Å². The highest BCUT2D eigenvalue weighted by Gasteiger charge is 2.18. The first-order valence-electron chi connectivity index (χ1n) is 6.76. The lowest BCUT2D eigenvalue weighted by molar-refractivity contribution is 0.139. The number of aliphatic hydroxyl groups excluding tert-OH is 1. The van der Waals surface area contributed by atoms with Gasteiger partial charge >= 0.3 is 6.03 Å². The normalized spacial score (nSPS) is 13.2. The van der Waals surface area contributed by atoms with E-state index in [0.29, 0.717) is 16.3 Å². The number of hydrogen-bond acceptors (Lipinski definition) is 3. The summed E-state index contributed by atoms with van der Waals surface area (Å²) in [4.78, 5) is 11.9. The minimum atomic E-state index is -0.878. The first kappa shape index (κ1) is 16.1. The van der Waals surface area contributed by atoms with E-state index in [0.717, 1.165) is 0 Å². The molecule has 0 spiro atoms. The third-order valence-electron chi connectivity index (χ3n) is 3.17. The number of phenols is 1. The number of aromatic hydroxyl groups is 1. The topological polar surface area (TPSA) is 81.6 Å². The molecule has 0 aliphatic carbocycles. The van der Waals surface area contributed by atoms with Crippen LogP contribution < -0.4 is 10.6 Å². The Morgan fingerprint density at radius 2 is 1.68 bits per heavy atom. The van der Waals surface area contributed by atoms with Crippen molar-refractivity contribution in [1.82, 2.24) is 5.32 Å². The molecular formula is C16H17ClN2O3. The molecule has 2 rings (SSSR count). The van der Waals surface area contributed by atoms with Crippen LogP contribution in [0.15, 0.2) is 48.5 Å². The summed E-state index contributed by atoms with van der Waals surface area (Å²) in [6.45, 7) is 1.69. The number of anilines is 1. The van der Waals surface area contributed by atoms with Crippen molar-refractivity contribution in [2.24, 2.45) is 0 Å². The molecule has 0 aliphatic rings. The molecule has 0 unspecified atom stereocenters. The molecule has 22 heavy (non-hydrogen) atoms. The van der Waals surface area contributed by atoms with Crippen LogP contribution in [0.2, 0.25) is 5.02 Å². The van der Waals surface area contributed by atoms with Gasteiger partial charge in [0.25, 0.3) is 0 Å². The molecule has 5 nitrogen and oxygen atoms in total. The number of rotatable bonds is 4. The Balaban J connectivity index is 1.92. The average molecular weight is 321 g/mol. The lowest BCUT2D eigenvalue weighted by atomic mass is 10.0. The lowest BCUT2D eigenvalue weighted by Gasteiger charge is -2.21. The molecule has 0 heterocycles. The smallest absolute Gasteiger partial charge is 0.319 e. The maximum absolute atomic E-state index is 11.9. The van der Waals surface area contributed by atoms with Crippen LogP contribution in [0.3, 0.4) is 0 Å². The summed E-state index contributed by atoms with van der Waals surface area (Å²) in [5.74, 6) is 0.122. The highest BCUT2D eigenvalue weighted by molar-refractivity contribution is 6.30. The maximum atomic E-state index is 11.9. The van der Waals surface area contributed by atoms with Gasteiger partial charge in [-0.05, 0) is 48.9 Å². The first-order chi connectivity index (χ1) is 10.5. The predicted molar refractivity (Wildman–Crippen MR) is 86.1 cm³/mol. The molecule has 2 atom stereocenters. The van der Waals surface area contributed by atoms with E-state index in [1.54, 1.807) is 43.3 Å². The van der Waals surface area contributed by atoms with E-state index >= 15 is 0 Å². The lowest BCUT2D eigenvalue weighted by Crippen LogP contribution is -2.39. The molecule has 116 valence electrons. The molecule has 6 heteroatoms. The van der Waals surface area contributed by atoms with Crippen LogP contribution in [0.25, 0.3) is 0 Å². The van der Waals surface area contributed by atoms with Crippen molar-refractivity contribution in [3.8, 4) is 5.75 Å². The molecule has 2 aromatic rings. The van der Waals surface area contributed by atoms with E-state index in [-0.39, 0.29) is 5.75 Å². The number of amides is 2. The van der Waals surface area contributed by atoms with Crippen LogP contribution in [-0.4, -0.2) is 22.3 Å². The minimum absolute atomic E-state index is 0.122. The first-order valence-corrected chi connectivity index (χ1v) is 7.13. The van der Waals surface area contributed by atoms with Gasteiger partial charge in [-0.15, -0.1) is 0 Å². The van der Waals surface area contributed by atoms with E-state index in [1.165, 1.54) is 12.1 Å². The van der Waals surface area contributed by atoms with Crippen molar-refractivity contribution in [3.63, 3.8) is 0 Å². The summed E-state index contributed by atoms with van der Waals surface area (Å²) in [5.41, 5.74) is 1.21.